The van der Waals surface area contributed by atoms with E-state index >= 15 is 0 Å². The smallest absolute Gasteiger partial charge is 0.227 e. The van der Waals surface area contributed by atoms with Crippen molar-refractivity contribution in [1.29, 1.82) is 0 Å². The molecule has 3 rings (SSSR count). The Balaban J connectivity index is 0.000000265. The molecule has 2 aliphatic heterocycles. The zero-order valence-electron chi connectivity index (χ0n) is 23.4. The first kappa shape index (κ1) is 31.2. The number of fused-ring (bicyclic) bond motifs is 1. The lowest BCUT2D eigenvalue weighted by molar-refractivity contribution is -0.929. The molecule has 0 spiro atoms. The van der Waals surface area contributed by atoms with E-state index in [9.17, 15) is 23.1 Å². The predicted molar refractivity (Wildman–Crippen MR) is 141 cm³/mol. The number of carbonyl (C=O) groups excluding carboxylic acids is 2. The number of hydrogen-bond donors (Lipinski definition) is 0. The molecule has 11 heteroatoms. The van der Waals surface area contributed by atoms with Gasteiger partial charge in [-0.25, -0.2) is 8.42 Å². The molecule has 2 saturated heterocycles. The highest BCUT2D eigenvalue weighted by Gasteiger charge is 2.68. The predicted octanol–water partition coefficient (Wildman–Crippen LogP) is 2.15. The van der Waals surface area contributed by atoms with Gasteiger partial charge in [-0.2, -0.15) is 0 Å². The van der Waals surface area contributed by atoms with E-state index in [1.54, 1.807) is 0 Å². The summed E-state index contributed by atoms with van der Waals surface area (Å²) in [5.41, 5.74) is 0. The average Bonchev–Trinajstić information content (AvgIpc) is 3.41. The van der Waals surface area contributed by atoms with Gasteiger partial charge in [-0.05, 0) is 32.6 Å². The first-order valence-corrected chi connectivity index (χ1v) is 15.5. The fourth-order valence-electron chi connectivity index (χ4n) is 5.55. The van der Waals surface area contributed by atoms with Crippen LogP contribution in [0.15, 0.2) is 12.4 Å². The topological polar surface area (TPSA) is 125 Å². The number of amides is 1. The molecule has 0 bridgehead atoms. The first-order chi connectivity index (χ1) is 17.5. The minimum atomic E-state index is -3.84. The minimum Gasteiger partial charge on any atom is -0.548 e. The first-order valence-electron chi connectivity index (χ1n) is 14.0. The minimum absolute atomic E-state index is 0.181. The molecule has 1 unspecified atom stereocenters. The van der Waals surface area contributed by atoms with Crippen LogP contribution in [0.1, 0.15) is 92.4 Å². The van der Waals surface area contributed by atoms with Gasteiger partial charge in [0.15, 0.2) is 9.84 Å². The number of unbranched alkanes of at least 4 members (excludes halogenated alkanes) is 4. The number of β-lactam (4-membered cyclic amide) rings is 1. The SMILES string of the molecule is CCCC[N+](CCCC)(CCCC)CCCC.C[C@]1(Cn2ccnn2)[C@H](C(=O)[O-])N2C(=O)CC2S1(=O)=O. The van der Waals surface area contributed by atoms with Crippen molar-refractivity contribution in [3.05, 3.63) is 12.4 Å². The summed E-state index contributed by atoms with van der Waals surface area (Å²) in [6.07, 6.45) is 13.7. The van der Waals surface area contributed by atoms with Gasteiger partial charge in [0.1, 0.15) is 10.1 Å². The van der Waals surface area contributed by atoms with Crippen molar-refractivity contribution in [2.45, 2.75) is 115 Å². The lowest BCUT2D eigenvalue weighted by atomic mass is 9.96. The normalized spacial score (nSPS) is 24.2. The summed E-state index contributed by atoms with van der Waals surface area (Å²) in [6.45, 7) is 16.1. The molecular weight excluding hydrogens is 494 g/mol. The van der Waals surface area contributed by atoms with Crippen LogP contribution in [0.25, 0.3) is 0 Å². The Kier molecular flexibility index (Phi) is 11.5. The van der Waals surface area contributed by atoms with Crippen LogP contribution in [0, 0.1) is 0 Å². The third-order valence-corrected chi connectivity index (χ3v) is 10.7. The van der Waals surface area contributed by atoms with Crippen molar-refractivity contribution in [1.82, 2.24) is 19.9 Å². The molecular formula is C26H47N5O5S. The summed E-state index contributed by atoms with van der Waals surface area (Å²) in [4.78, 5) is 23.8. The molecule has 0 radical (unpaired) electrons. The maximum absolute atomic E-state index is 12.5. The fraction of sp³-hybridized carbons (Fsp3) is 0.846. The standard InChI is InChI=1S/C16H36N.C10H12N4O5S/c1-5-9-13-17(14-10-6-2,15-11-7-3)16-12-8-4;1-10(5-13-3-2-11-12-13)8(9(16)17)14-6(15)4-7(14)20(10,18)19/h5-16H2,1-4H3;2-3,7-8H,4-5H2,1H3,(H,16,17)/q+1;/p-1/t;7?,8-,10-/m.0/s1. The van der Waals surface area contributed by atoms with Crippen molar-refractivity contribution in [3.63, 3.8) is 0 Å². The van der Waals surface area contributed by atoms with E-state index in [-0.39, 0.29) is 13.0 Å². The van der Waals surface area contributed by atoms with Gasteiger partial charge >= 0.3 is 0 Å². The molecule has 0 saturated carbocycles. The van der Waals surface area contributed by atoms with Crippen LogP contribution < -0.4 is 5.11 Å². The number of nitrogens with zero attached hydrogens (tertiary/aromatic N) is 5. The Morgan fingerprint density at radius 3 is 1.86 bits per heavy atom. The lowest BCUT2D eigenvalue weighted by Crippen LogP contribution is -2.61. The Morgan fingerprint density at radius 2 is 1.51 bits per heavy atom. The highest BCUT2D eigenvalue weighted by atomic mass is 32.2. The summed E-state index contributed by atoms with van der Waals surface area (Å²) in [5, 5.41) is 17.5. The molecule has 10 nitrogen and oxygen atoms in total. The van der Waals surface area contributed by atoms with Gasteiger partial charge in [-0.1, -0.05) is 58.6 Å². The maximum atomic E-state index is 12.5. The Labute approximate surface area is 222 Å². The average molecular weight is 542 g/mol. The molecule has 2 aliphatic rings. The summed E-state index contributed by atoms with van der Waals surface area (Å²) < 4.78 is 26.0. The van der Waals surface area contributed by atoms with E-state index in [0.717, 1.165) is 4.90 Å². The quantitative estimate of drug-likeness (QED) is 0.246. The van der Waals surface area contributed by atoms with Gasteiger partial charge in [0.05, 0.1) is 57.4 Å². The maximum Gasteiger partial charge on any atom is 0.227 e. The third-order valence-electron chi connectivity index (χ3n) is 7.93. The van der Waals surface area contributed by atoms with Gasteiger partial charge in [0.25, 0.3) is 0 Å². The molecule has 0 N–H and O–H groups in total. The van der Waals surface area contributed by atoms with Crippen molar-refractivity contribution >= 4 is 21.7 Å². The molecule has 1 aromatic heterocycles. The Hall–Kier alpha value is -2.01. The third kappa shape index (κ3) is 6.90. The molecule has 37 heavy (non-hydrogen) atoms. The molecule has 1 amide bonds. The summed E-state index contributed by atoms with van der Waals surface area (Å²) >= 11 is 0. The van der Waals surface area contributed by atoms with Crippen molar-refractivity contribution in [2.75, 3.05) is 26.2 Å². The van der Waals surface area contributed by atoms with Crippen LogP contribution in [-0.2, 0) is 26.0 Å². The number of sulfone groups is 1. The molecule has 3 heterocycles. The van der Waals surface area contributed by atoms with Gasteiger partial charge in [-0.3, -0.25) is 9.48 Å². The number of carboxylic acid groups (broad SMARTS) is 1. The zero-order chi connectivity index (χ0) is 27.7. The van der Waals surface area contributed by atoms with Crippen LogP contribution in [0.4, 0.5) is 0 Å². The van der Waals surface area contributed by atoms with Crippen LogP contribution in [-0.4, -0.2) is 87.0 Å². The van der Waals surface area contributed by atoms with Crippen molar-refractivity contribution < 1.29 is 27.6 Å². The summed E-state index contributed by atoms with van der Waals surface area (Å²) in [7, 11) is -3.84. The number of rotatable bonds is 15. The van der Waals surface area contributed by atoms with Gasteiger partial charge in [0, 0.05) is 6.20 Å². The summed E-state index contributed by atoms with van der Waals surface area (Å²) in [5.74, 6) is -2.07. The van der Waals surface area contributed by atoms with E-state index in [1.807, 2.05) is 0 Å². The number of carbonyl (C=O) groups is 2. The highest BCUT2D eigenvalue weighted by molar-refractivity contribution is 7.93. The number of quaternary nitrogens is 1. The van der Waals surface area contributed by atoms with Crippen LogP contribution >= 0.6 is 0 Å². The fourth-order valence-corrected chi connectivity index (χ4v) is 7.91. The van der Waals surface area contributed by atoms with Crippen LogP contribution in [0.3, 0.4) is 0 Å². The lowest BCUT2D eigenvalue weighted by Gasteiger charge is -2.39. The highest BCUT2D eigenvalue weighted by Crippen LogP contribution is 2.46. The van der Waals surface area contributed by atoms with E-state index in [4.69, 9.17) is 0 Å². The van der Waals surface area contributed by atoms with E-state index < -0.39 is 37.9 Å². The molecule has 212 valence electrons. The van der Waals surface area contributed by atoms with Gasteiger partial charge in [-0.15, -0.1) is 5.10 Å². The second-order valence-corrected chi connectivity index (χ2v) is 13.4. The van der Waals surface area contributed by atoms with Gasteiger partial charge in [0.2, 0.25) is 5.91 Å². The Morgan fingerprint density at radius 1 is 1.03 bits per heavy atom. The molecule has 1 aromatic rings. The number of carboxylic acids is 1. The zero-order valence-corrected chi connectivity index (χ0v) is 24.2. The molecule has 2 fully saturated rings. The van der Waals surface area contributed by atoms with Crippen LogP contribution in [0.2, 0.25) is 0 Å². The largest absolute Gasteiger partial charge is 0.548 e. The van der Waals surface area contributed by atoms with E-state index in [0.29, 0.717) is 0 Å². The van der Waals surface area contributed by atoms with Crippen molar-refractivity contribution in [3.8, 4) is 0 Å². The van der Waals surface area contributed by atoms with E-state index in [1.165, 1.54) is 106 Å². The van der Waals surface area contributed by atoms with Crippen LogP contribution in [0.5, 0.6) is 0 Å². The number of aliphatic carboxylic acids is 1. The monoisotopic (exact) mass is 541 g/mol. The second kappa shape index (κ2) is 13.7. The molecule has 0 aliphatic carbocycles. The summed E-state index contributed by atoms with van der Waals surface area (Å²) in [6, 6.07) is -1.51. The second-order valence-electron chi connectivity index (χ2n) is 10.8. The molecule has 3 atom stereocenters. The molecule has 0 aromatic carbocycles. The van der Waals surface area contributed by atoms with Gasteiger partial charge < -0.3 is 19.3 Å². The van der Waals surface area contributed by atoms with Crippen molar-refractivity contribution in [2.24, 2.45) is 0 Å². The van der Waals surface area contributed by atoms with E-state index in [2.05, 4.69) is 38.0 Å². The number of hydrogen-bond acceptors (Lipinski definition) is 7. The number of aromatic nitrogens is 3. The Bertz CT molecular complexity index is 931.